The maximum atomic E-state index is 10.8. The number of ether oxygens (including phenoxy) is 1. The Morgan fingerprint density at radius 2 is 2.12 bits per heavy atom. The van der Waals surface area contributed by atoms with E-state index in [4.69, 9.17) is 4.74 Å². The lowest BCUT2D eigenvalue weighted by molar-refractivity contribution is 0.0897. The molecule has 2 rings (SSSR count). The number of hydrogen-bond acceptors (Lipinski definition) is 5. The topological polar surface area (TPSA) is 69.7 Å². The normalized spacial score (nSPS) is 22.2. The molecule has 1 heterocycles. The Morgan fingerprint density at radius 3 is 2.71 bits per heavy atom. The average Bonchev–Trinajstić information content (AvgIpc) is 2.39. The summed E-state index contributed by atoms with van der Waals surface area (Å²) in [4.78, 5) is 12.4. The molecule has 1 aromatic carbocycles. The molecule has 0 radical (unpaired) electrons. The minimum Gasteiger partial charge on any atom is -0.770 e. The van der Waals surface area contributed by atoms with Crippen molar-refractivity contribution in [2.75, 3.05) is 24.6 Å². The monoisotopic (exact) mass is 254 g/mol. The summed E-state index contributed by atoms with van der Waals surface area (Å²) in [7, 11) is 0. The van der Waals surface area contributed by atoms with Crippen LogP contribution in [0.4, 0.5) is 5.69 Å². The molecule has 1 aliphatic heterocycles. The molecule has 5 nitrogen and oxygen atoms in total. The molecule has 2 unspecified atom stereocenters. The molecule has 1 aromatic rings. The van der Waals surface area contributed by atoms with Crippen molar-refractivity contribution in [3.8, 4) is 0 Å². The number of carbonyl (C=O) groups is 1. The fourth-order valence-electron chi connectivity index (χ4n) is 1.73. The molecule has 1 aliphatic rings. The van der Waals surface area contributed by atoms with Crippen molar-refractivity contribution in [1.29, 1.82) is 0 Å². The SMILES string of the molecule is O=Cc1ccc(N2CCOC(S(=O)[O-])C2)cc1. The highest BCUT2D eigenvalue weighted by Gasteiger charge is 2.21. The number of carbonyl (C=O) groups excluding carboxylic acids is 1. The third-order valence-electron chi connectivity index (χ3n) is 2.64. The third kappa shape index (κ3) is 2.91. The molecule has 2 atom stereocenters. The van der Waals surface area contributed by atoms with Crippen molar-refractivity contribution < 1.29 is 18.3 Å². The Balaban J connectivity index is 2.10. The summed E-state index contributed by atoms with van der Waals surface area (Å²) >= 11 is -2.22. The Bertz CT molecular complexity index is 420. The summed E-state index contributed by atoms with van der Waals surface area (Å²) in [6.07, 6.45) is 0.776. The summed E-state index contributed by atoms with van der Waals surface area (Å²) in [6, 6.07) is 7.03. The van der Waals surface area contributed by atoms with E-state index in [0.29, 0.717) is 25.3 Å². The van der Waals surface area contributed by atoms with Gasteiger partial charge in [0.2, 0.25) is 0 Å². The summed E-state index contributed by atoms with van der Waals surface area (Å²) in [5.41, 5.74) is 0.717. The van der Waals surface area contributed by atoms with Gasteiger partial charge in [0.25, 0.3) is 0 Å². The van der Waals surface area contributed by atoms with Crippen LogP contribution in [0.2, 0.25) is 0 Å². The van der Waals surface area contributed by atoms with Gasteiger partial charge in [-0.2, -0.15) is 0 Å². The molecule has 17 heavy (non-hydrogen) atoms. The van der Waals surface area contributed by atoms with Gasteiger partial charge in [0, 0.05) is 17.8 Å². The molecule has 6 heteroatoms. The minimum atomic E-state index is -2.22. The smallest absolute Gasteiger partial charge is 0.150 e. The van der Waals surface area contributed by atoms with Crippen LogP contribution in [0.3, 0.4) is 0 Å². The van der Waals surface area contributed by atoms with Crippen molar-refractivity contribution in [3.05, 3.63) is 29.8 Å². The van der Waals surface area contributed by atoms with Crippen LogP contribution in [0.25, 0.3) is 0 Å². The number of rotatable bonds is 3. The Morgan fingerprint density at radius 1 is 1.41 bits per heavy atom. The van der Waals surface area contributed by atoms with E-state index in [1.807, 2.05) is 4.90 Å². The molecule has 0 aliphatic carbocycles. The Hall–Kier alpha value is -1.24. The van der Waals surface area contributed by atoms with Gasteiger partial charge in [0.05, 0.1) is 13.2 Å². The van der Waals surface area contributed by atoms with E-state index in [9.17, 15) is 13.6 Å². The minimum absolute atomic E-state index is 0.316. The van der Waals surface area contributed by atoms with Crippen LogP contribution >= 0.6 is 0 Å². The first-order valence-electron chi connectivity index (χ1n) is 5.20. The van der Waals surface area contributed by atoms with Gasteiger partial charge in [-0.3, -0.25) is 9.00 Å². The van der Waals surface area contributed by atoms with E-state index >= 15 is 0 Å². The quantitative estimate of drug-likeness (QED) is 0.581. The number of nitrogens with zero attached hydrogens (tertiary/aromatic N) is 1. The van der Waals surface area contributed by atoms with E-state index in [1.165, 1.54) is 0 Å². The molecule has 0 spiro atoms. The van der Waals surface area contributed by atoms with E-state index in [1.54, 1.807) is 24.3 Å². The van der Waals surface area contributed by atoms with E-state index in [0.717, 1.165) is 12.0 Å². The number of morpholine rings is 1. The van der Waals surface area contributed by atoms with Crippen LogP contribution in [-0.2, 0) is 15.8 Å². The molecule has 0 N–H and O–H groups in total. The second-order valence-electron chi connectivity index (χ2n) is 3.72. The van der Waals surface area contributed by atoms with Crippen LogP contribution in [0.1, 0.15) is 10.4 Å². The van der Waals surface area contributed by atoms with Crippen molar-refractivity contribution in [2.24, 2.45) is 0 Å². The van der Waals surface area contributed by atoms with Gasteiger partial charge in [0.1, 0.15) is 11.7 Å². The summed E-state index contributed by atoms with van der Waals surface area (Å²) in [5.74, 6) is 0. The predicted octanol–water partition coefficient (Wildman–Crippen LogP) is 0.541. The van der Waals surface area contributed by atoms with Gasteiger partial charge in [-0.05, 0) is 35.3 Å². The average molecular weight is 254 g/mol. The van der Waals surface area contributed by atoms with Gasteiger partial charge in [0.15, 0.2) is 0 Å². The van der Waals surface area contributed by atoms with E-state index < -0.39 is 16.5 Å². The number of anilines is 1. The van der Waals surface area contributed by atoms with Crippen molar-refractivity contribution >= 4 is 23.1 Å². The van der Waals surface area contributed by atoms with Crippen molar-refractivity contribution in [2.45, 2.75) is 5.44 Å². The van der Waals surface area contributed by atoms with Crippen LogP contribution in [0, 0.1) is 0 Å². The molecule has 0 saturated carbocycles. The van der Waals surface area contributed by atoms with Gasteiger partial charge in [-0.15, -0.1) is 0 Å². The zero-order valence-corrected chi connectivity index (χ0v) is 9.89. The van der Waals surface area contributed by atoms with E-state index in [-0.39, 0.29) is 0 Å². The first-order valence-corrected chi connectivity index (χ1v) is 6.34. The fraction of sp³-hybridized carbons (Fsp3) is 0.364. The second kappa shape index (κ2) is 5.39. The zero-order chi connectivity index (χ0) is 12.3. The molecular formula is C11H12NO4S-. The highest BCUT2D eigenvalue weighted by molar-refractivity contribution is 7.79. The lowest BCUT2D eigenvalue weighted by Gasteiger charge is -2.35. The standard InChI is InChI=1S/C11H13NO4S/c13-8-9-1-3-10(4-2-9)12-5-6-16-11(7-12)17(14)15/h1-4,8,11H,5-7H2,(H,14,15)/p-1. The van der Waals surface area contributed by atoms with Crippen LogP contribution < -0.4 is 4.90 Å². The van der Waals surface area contributed by atoms with E-state index in [2.05, 4.69) is 0 Å². The number of aldehydes is 1. The summed E-state index contributed by atoms with van der Waals surface area (Å²) in [6.45, 7) is 1.35. The maximum Gasteiger partial charge on any atom is 0.150 e. The first kappa shape index (κ1) is 12.2. The molecule has 1 fully saturated rings. The highest BCUT2D eigenvalue weighted by Crippen LogP contribution is 2.18. The van der Waals surface area contributed by atoms with Gasteiger partial charge >= 0.3 is 0 Å². The van der Waals surface area contributed by atoms with Crippen LogP contribution in [0.5, 0.6) is 0 Å². The fourth-order valence-corrected chi connectivity index (χ4v) is 2.24. The Labute approximate surface area is 102 Å². The van der Waals surface area contributed by atoms with Crippen molar-refractivity contribution in [3.63, 3.8) is 0 Å². The number of benzene rings is 1. The zero-order valence-electron chi connectivity index (χ0n) is 9.07. The largest absolute Gasteiger partial charge is 0.770 e. The summed E-state index contributed by atoms with van der Waals surface area (Å²) < 4.78 is 26.8. The summed E-state index contributed by atoms with van der Waals surface area (Å²) in [5, 5.41) is 0. The molecule has 1 saturated heterocycles. The number of hydrogen-bond donors (Lipinski definition) is 0. The van der Waals surface area contributed by atoms with Crippen LogP contribution in [0.15, 0.2) is 24.3 Å². The molecule has 0 amide bonds. The predicted molar refractivity (Wildman–Crippen MR) is 62.7 cm³/mol. The maximum absolute atomic E-state index is 10.8. The van der Waals surface area contributed by atoms with Gasteiger partial charge < -0.3 is 14.2 Å². The lowest BCUT2D eigenvalue weighted by Crippen LogP contribution is -2.44. The van der Waals surface area contributed by atoms with Crippen molar-refractivity contribution in [1.82, 2.24) is 0 Å². The molecular weight excluding hydrogens is 242 g/mol. The third-order valence-corrected chi connectivity index (χ3v) is 3.36. The van der Waals surface area contributed by atoms with Crippen LogP contribution in [-0.4, -0.2) is 40.2 Å². The van der Waals surface area contributed by atoms with Gasteiger partial charge in [-0.25, -0.2) is 0 Å². The Kier molecular flexibility index (Phi) is 3.88. The lowest BCUT2D eigenvalue weighted by atomic mass is 10.2. The molecule has 0 aromatic heterocycles. The molecule has 0 bridgehead atoms. The second-order valence-corrected chi connectivity index (χ2v) is 4.76. The molecule has 92 valence electrons. The van der Waals surface area contributed by atoms with Gasteiger partial charge in [-0.1, -0.05) is 0 Å². The first-order chi connectivity index (χ1) is 8.20. The highest BCUT2D eigenvalue weighted by atomic mass is 32.2.